The number of benzene rings is 2. The van der Waals surface area contributed by atoms with Crippen molar-refractivity contribution in [3.05, 3.63) is 66.1 Å². The Labute approximate surface area is 285 Å². The van der Waals surface area contributed by atoms with Crippen LogP contribution < -0.4 is 0 Å². The molecule has 0 spiro atoms. The van der Waals surface area contributed by atoms with Crippen LogP contribution in [0.4, 0.5) is 4.39 Å². The van der Waals surface area contributed by atoms with Gasteiger partial charge in [0, 0.05) is 50.2 Å². The Bertz CT molecular complexity index is 1670. The van der Waals surface area contributed by atoms with Gasteiger partial charge in [-0.25, -0.2) is 12.8 Å². The minimum absolute atomic E-state index is 0.0529. The third-order valence-corrected chi connectivity index (χ3v) is 10.8. The van der Waals surface area contributed by atoms with Crippen LogP contribution in [0.15, 0.2) is 59.5 Å². The number of rotatable bonds is 11. The van der Waals surface area contributed by atoms with Crippen LogP contribution in [-0.2, 0) is 35.6 Å². The van der Waals surface area contributed by atoms with Gasteiger partial charge in [-0.2, -0.15) is 4.31 Å². The van der Waals surface area contributed by atoms with Gasteiger partial charge in [-0.3, -0.25) is 4.79 Å². The maximum absolute atomic E-state index is 14.8. The Kier molecular flexibility index (Phi) is 11.0. The predicted molar refractivity (Wildman–Crippen MR) is 186 cm³/mol. The van der Waals surface area contributed by atoms with E-state index >= 15 is 0 Å². The highest BCUT2D eigenvalue weighted by molar-refractivity contribution is 7.89. The second-order valence-corrected chi connectivity index (χ2v) is 16.9. The van der Waals surface area contributed by atoms with E-state index in [1.165, 1.54) is 16.4 Å². The minimum Gasteiger partial charge on any atom is -0.379 e. The van der Waals surface area contributed by atoms with Crippen molar-refractivity contribution in [3.8, 4) is 22.4 Å². The summed E-state index contributed by atoms with van der Waals surface area (Å²) in [5.74, 6) is -1.16. The van der Waals surface area contributed by atoms with Gasteiger partial charge < -0.3 is 18.8 Å². The second kappa shape index (κ2) is 14.5. The van der Waals surface area contributed by atoms with Gasteiger partial charge in [-0.05, 0) is 67.0 Å². The van der Waals surface area contributed by atoms with Gasteiger partial charge in [-0.1, -0.05) is 65.0 Å². The van der Waals surface area contributed by atoms with Crippen LogP contribution in [0.2, 0.25) is 0 Å². The Morgan fingerprint density at radius 3 is 2.19 bits per heavy atom. The van der Waals surface area contributed by atoms with Gasteiger partial charge in [0.1, 0.15) is 16.5 Å². The van der Waals surface area contributed by atoms with Gasteiger partial charge in [0.2, 0.25) is 10.0 Å². The van der Waals surface area contributed by atoms with Gasteiger partial charge in [0.25, 0.3) is 0 Å². The molecule has 0 unspecified atom stereocenters. The predicted octanol–water partition coefficient (Wildman–Crippen LogP) is 7.80. The molecule has 10 heteroatoms. The third-order valence-electron chi connectivity index (χ3n) is 8.84. The molecule has 2 saturated heterocycles. The molecule has 3 aromatic rings. The highest BCUT2D eigenvalue weighted by Gasteiger charge is 2.40. The van der Waals surface area contributed by atoms with E-state index in [0.717, 1.165) is 11.3 Å². The van der Waals surface area contributed by atoms with Crippen LogP contribution >= 0.6 is 0 Å². The zero-order valence-corrected chi connectivity index (χ0v) is 30.2. The second-order valence-electron chi connectivity index (χ2n) is 15.0. The minimum atomic E-state index is -4.01. The van der Waals surface area contributed by atoms with Crippen molar-refractivity contribution in [2.75, 3.05) is 26.3 Å². The third kappa shape index (κ3) is 8.45. The lowest BCUT2D eigenvalue weighted by Gasteiger charge is -2.41. The van der Waals surface area contributed by atoms with E-state index in [9.17, 15) is 17.6 Å². The number of Topliss-reactive ketones (excluding diaryl/α,β-unsaturated/α-hetero) is 1. The lowest BCUT2D eigenvalue weighted by Crippen LogP contribution is -2.45. The van der Waals surface area contributed by atoms with Crippen molar-refractivity contribution in [2.45, 2.75) is 110 Å². The molecule has 2 aliphatic heterocycles. The SMILES string of the molecule is CC(C)c1c(-c2ccccc2)c(S(=O)(=O)N2CCOCC2)c(-c2ccc(F)cc2)n1CC[C@@H]1C[C@H](CC(=O)CC(C)(C)C)OC(C)(C)O1. The molecule has 2 fully saturated rings. The smallest absolute Gasteiger partial charge is 0.246 e. The van der Waals surface area contributed by atoms with E-state index in [2.05, 4.69) is 39.2 Å². The normalized spacial score (nSPS) is 20.7. The van der Waals surface area contributed by atoms with Crippen molar-refractivity contribution in [1.29, 1.82) is 0 Å². The Morgan fingerprint density at radius 2 is 1.58 bits per heavy atom. The molecule has 0 radical (unpaired) electrons. The van der Waals surface area contributed by atoms with Crippen molar-refractivity contribution in [3.63, 3.8) is 0 Å². The number of carbonyl (C=O) groups is 1. The van der Waals surface area contributed by atoms with Crippen LogP contribution in [0.25, 0.3) is 22.4 Å². The summed E-state index contributed by atoms with van der Waals surface area (Å²) in [6, 6.07) is 15.7. The number of ketones is 1. The molecular weight excluding hydrogens is 631 g/mol. The molecule has 0 bridgehead atoms. The quantitative estimate of drug-likeness (QED) is 0.205. The number of nitrogens with zero attached hydrogens (tertiary/aromatic N) is 2. The van der Waals surface area contributed by atoms with Gasteiger partial charge >= 0.3 is 0 Å². The summed E-state index contributed by atoms with van der Waals surface area (Å²) in [5.41, 5.74) is 3.39. The molecule has 262 valence electrons. The first-order valence-electron chi connectivity index (χ1n) is 17.1. The highest BCUT2D eigenvalue weighted by Crippen LogP contribution is 2.46. The van der Waals surface area contributed by atoms with Crippen LogP contribution in [0, 0.1) is 11.2 Å². The van der Waals surface area contributed by atoms with Crippen LogP contribution in [0.3, 0.4) is 0 Å². The van der Waals surface area contributed by atoms with Crippen molar-refractivity contribution in [1.82, 2.24) is 8.87 Å². The molecule has 5 rings (SSSR count). The highest BCUT2D eigenvalue weighted by atomic mass is 32.2. The molecule has 0 aliphatic carbocycles. The fraction of sp³-hybridized carbons (Fsp3) is 0.553. The number of sulfonamides is 1. The van der Waals surface area contributed by atoms with Crippen LogP contribution in [-0.4, -0.2) is 67.4 Å². The molecular formula is C38H51FN2O6S. The molecule has 1 aromatic heterocycles. The van der Waals surface area contributed by atoms with E-state index in [-0.39, 0.29) is 47.3 Å². The topological polar surface area (TPSA) is 87.1 Å². The first-order valence-corrected chi connectivity index (χ1v) is 18.5. The average Bonchev–Trinajstić information content (AvgIpc) is 3.36. The van der Waals surface area contributed by atoms with Crippen molar-refractivity contribution in [2.24, 2.45) is 5.41 Å². The monoisotopic (exact) mass is 682 g/mol. The molecule has 3 heterocycles. The Hall–Kier alpha value is -2.89. The first-order chi connectivity index (χ1) is 22.6. The molecule has 2 atom stereocenters. The summed E-state index contributed by atoms with van der Waals surface area (Å²) in [6.07, 6.45) is 1.39. The maximum atomic E-state index is 14.8. The summed E-state index contributed by atoms with van der Waals surface area (Å²) in [7, 11) is -4.01. The number of ether oxygens (including phenoxy) is 3. The summed E-state index contributed by atoms with van der Waals surface area (Å²) in [6.45, 7) is 15.7. The van der Waals surface area contributed by atoms with Crippen molar-refractivity contribution < 1.29 is 31.8 Å². The largest absolute Gasteiger partial charge is 0.379 e. The number of carbonyl (C=O) groups excluding carboxylic acids is 1. The average molecular weight is 683 g/mol. The number of halogens is 1. The molecule has 0 saturated carbocycles. The Balaban J connectivity index is 1.62. The molecule has 8 nitrogen and oxygen atoms in total. The van der Waals surface area contributed by atoms with Crippen molar-refractivity contribution >= 4 is 15.8 Å². The van der Waals surface area contributed by atoms with E-state index in [1.807, 2.05) is 44.2 Å². The standard InChI is InChI=1S/C38H51FN2O6S/c1-26(2)34-33(27-11-9-8-10-12-27)36(48(43,44)40-19-21-45-22-20-40)35(28-13-15-29(39)16-14-28)41(34)18-17-31-24-32(47-38(6,7)46-31)23-30(42)25-37(3,4)5/h8-16,26,31-32H,17-25H2,1-7H3/t31-,32+/m1/s1. The summed E-state index contributed by atoms with van der Waals surface area (Å²) < 4.78 is 65.6. The first kappa shape index (κ1) is 36.4. The van der Waals surface area contributed by atoms with Crippen LogP contribution in [0.5, 0.6) is 0 Å². The zero-order valence-electron chi connectivity index (χ0n) is 29.4. The molecule has 2 aliphatic rings. The number of morpholine rings is 1. The molecule has 2 aromatic carbocycles. The number of aromatic nitrogens is 1. The fourth-order valence-electron chi connectivity index (χ4n) is 7.10. The van der Waals surface area contributed by atoms with E-state index in [4.69, 9.17) is 14.2 Å². The van der Waals surface area contributed by atoms with Gasteiger partial charge in [-0.15, -0.1) is 0 Å². The van der Waals surface area contributed by atoms with E-state index in [1.54, 1.807) is 12.1 Å². The number of hydrogen-bond donors (Lipinski definition) is 0. The molecule has 0 amide bonds. The lowest BCUT2D eigenvalue weighted by atomic mass is 9.87. The molecule has 0 N–H and O–H groups in total. The molecule has 48 heavy (non-hydrogen) atoms. The van der Waals surface area contributed by atoms with Gasteiger partial charge in [0.05, 0.1) is 31.1 Å². The summed E-state index contributed by atoms with van der Waals surface area (Å²) in [5, 5.41) is 0. The summed E-state index contributed by atoms with van der Waals surface area (Å²) in [4.78, 5) is 13.2. The summed E-state index contributed by atoms with van der Waals surface area (Å²) >= 11 is 0. The maximum Gasteiger partial charge on any atom is 0.246 e. The van der Waals surface area contributed by atoms with E-state index < -0.39 is 21.6 Å². The zero-order chi connectivity index (χ0) is 34.9. The van der Waals surface area contributed by atoms with Gasteiger partial charge in [0.15, 0.2) is 5.79 Å². The van der Waals surface area contributed by atoms with Crippen LogP contribution in [0.1, 0.15) is 85.8 Å². The lowest BCUT2D eigenvalue weighted by molar-refractivity contribution is -0.300. The van der Waals surface area contributed by atoms with E-state index in [0.29, 0.717) is 62.3 Å². The number of hydrogen-bond acceptors (Lipinski definition) is 6. The Morgan fingerprint density at radius 1 is 0.958 bits per heavy atom. The fourth-order valence-corrected chi connectivity index (χ4v) is 8.94.